The molecule has 0 aromatic carbocycles. The number of nitrogens with two attached hydrogens (primary N) is 1. The molecule has 0 aromatic rings. The van der Waals surface area contributed by atoms with Gasteiger partial charge >= 0.3 is 11.9 Å². The van der Waals surface area contributed by atoms with Crippen molar-refractivity contribution in [3.05, 3.63) is 0 Å². The average Bonchev–Trinajstić information content (AvgIpc) is 3.52. The van der Waals surface area contributed by atoms with Crippen molar-refractivity contribution in [3.8, 4) is 0 Å². The van der Waals surface area contributed by atoms with E-state index >= 15 is 0 Å². The van der Waals surface area contributed by atoms with Crippen LogP contribution in [0.1, 0.15) is 12.8 Å². The minimum absolute atomic E-state index is 0.0231. The van der Waals surface area contributed by atoms with E-state index in [-0.39, 0.29) is 171 Å². The number of aliphatic carboxylic acids is 2. The van der Waals surface area contributed by atoms with Gasteiger partial charge in [-0.2, -0.15) is 0 Å². The molecule has 41 heteroatoms. The highest BCUT2D eigenvalue weighted by atomic mass is 16.4. The van der Waals surface area contributed by atoms with Crippen molar-refractivity contribution in [1.82, 2.24) is 0 Å². The largest absolute Gasteiger partial charge is 0.481 e. The first kappa shape index (κ1) is 111. The number of aliphatic hydroxyl groups is 36. The van der Waals surface area contributed by atoms with Crippen molar-refractivity contribution < 1.29 is 204 Å². The molecule has 1 unspecified atom stereocenters. The summed E-state index contributed by atoms with van der Waals surface area (Å²) in [4.78, 5) is 19.9. The van der Waals surface area contributed by atoms with E-state index in [2.05, 4.69) is 0 Å². The van der Waals surface area contributed by atoms with Gasteiger partial charge < -0.3 is 200 Å². The van der Waals surface area contributed by atoms with Gasteiger partial charge in [0.2, 0.25) is 0 Å². The van der Waals surface area contributed by atoms with Gasteiger partial charge in [0.1, 0.15) is 79.3 Å². The first-order chi connectivity index (χ1) is 38.2. The Kier molecular flexibility index (Phi) is 136. The fourth-order valence-corrected chi connectivity index (χ4v) is 1.10. The lowest BCUT2D eigenvalue weighted by molar-refractivity contribution is -0.139. The Bertz CT molecular complexity index is 783. The van der Waals surface area contributed by atoms with E-state index in [0.29, 0.717) is 0 Å². The number of hydrogen-bond donors (Lipinski definition) is 39. The minimum Gasteiger partial charge on any atom is -0.481 e. The number of aliphatic hydroxyl groups excluding tert-OH is 36. The van der Waals surface area contributed by atoms with Gasteiger partial charge in [-0.15, -0.1) is 0 Å². The average molecular weight is 1250 g/mol. The van der Waals surface area contributed by atoms with Crippen LogP contribution in [-0.4, -0.2) is 444 Å². The topological polar surface area (TPSA) is 829 Å². The van der Waals surface area contributed by atoms with E-state index in [1.165, 1.54) is 0 Å². The lowest BCUT2D eigenvalue weighted by Gasteiger charge is -2.01. The van der Waals surface area contributed by atoms with Crippen molar-refractivity contribution in [3.63, 3.8) is 0 Å². The lowest BCUT2D eigenvalue weighted by Crippen LogP contribution is -2.30. The highest BCUT2D eigenvalue weighted by molar-refractivity contribution is 5.74. The third kappa shape index (κ3) is 153. The van der Waals surface area contributed by atoms with Crippen molar-refractivity contribution >= 4 is 11.9 Å². The van der Waals surface area contributed by atoms with Crippen LogP contribution in [0.15, 0.2) is 0 Å². The number of carboxylic acid groups (broad SMARTS) is 2. The van der Waals surface area contributed by atoms with Crippen LogP contribution in [0.2, 0.25) is 0 Å². The molecule has 0 heterocycles. The molecule has 0 saturated carbocycles. The summed E-state index contributed by atoms with van der Waals surface area (Å²) in [7, 11) is 0. The molecule has 82 heavy (non-hydrogen) atoms. The van der Waals surface area contributed by atoms with Gasteiger partial charge in [-0.25, -0.2) is 0 Å². The molecule has 1 atom stereocenters. The summed E-state index contributed by atoms with van der Waals surface area (Å²) in [6, 6.07) is -1.06. The predicted octanol–water partition coefficient (Wildman–Crippen LogP) is -20.8. The first-order valence-corrected chi connectivity index (χ1v) is 23.2. The third-order valence-electron chi connectivity index (χ3n) is 6.04. The summed E-state index contributed by atoms with van der Waals surface area (Å²) in [6.07, 6.45) is -11.7. The summed E-state index contributed by atoms with van der Waals surface area (Å²) in [5, 5.41) is 304. The van der Waals surface area contributed by atoms with Gasteiger partial charge in [-0.3, -0.25) is 9.59 Å². The molecule has 514 valence electrons. The van der Waals surface area contributed by atoms with E-state index < -0.39 is 91.2 Å². The summed E-state index contributed by atoms with van der Waals surface area (Å²) < 4.78 is 0. The number of carboxylic acids is 2. The molecule has 41 nitrogen and oxygen atoms in total. The summed E-state index contributed by atoms with van der Waals surface area (Å²) >= 11 is 0. The first-order valence-electron chi connectivity index (χ1n) is 23.2. The molecule has 0 spiro atoms. The second kappa shape index (κ2) is 100. The van der Waals surface area contributed by atoms with E-state index in [1.807, 2.05) is 0 Å². The zero-order chi connectivity index (χ0) is 68.0. The van der Waals surface area contributed by atoms with Gasteiger partial charge in [0, 0.05) is 6.42 Å². The monoisotopic (exact) mass is 1250 g/mol. The Hall–Kier alpha value is -2.54. The minimum atomic E-state index is -1.17. The van der Waals surface area contributed by atoms with Gasteiger partial charge in [0.15, 0.2) is 0 Å². The molecular formula is C41H105NO40. The summed E-state index contributed by atoms with van der Waals surface area (Å²) in [5.74, 6) is -2.20. The quantitative estimate of drug-likeness (QED) is 0.0346. The Morgan fingerprint density at radius 1 is 0.220 bits per heavy atom. The van der Waals surface area contributed by atoms with Crippen molar-refractivity contribution in [1.29, 1.82) is 0 Å². The molecule has 0 aliphatic heterocycles. The molecular weight excluding hydrogens is 1150 g/mol. The fourth-order valence-electron chi connectivity index (χ4n) is 1.10. The van der Waals surface area contributed by atoms with Crippen LogP contribution in [0.25, 0.3) is 0 Å². The Balaban J connectivity index is -0.0000000574. The lowest BCUT2D eigenvalue weighted by atomic mass is 10.2. The smallest absolute Gasteiger partial charge is 0.320 e. The Labute approximate surface area is 471 Å². The molecule has 0 fully saturated rings. The zero-order valence-electron chi connectivity index (χ0n) is 45.3. The molecule has 0 aromatic heterocycles. The highest BCUT2D eigenvalue weighted by Crippen LogP contribution is 1.93. The van der Waals surface area contributed by atoms with Crippen LogP contribution >= 0.6 is 0 Å². The number of carbonyl (C=O) groups is 2. The summed E-state index contributed by atoms with van der Waals surface area (Å²) in [5.41, 5.74) is 5.00. The van der Waals surface area contributed by atoms with Gasteiger partial charge in [-0.1, -0.05) is 0 Å². The molecule has 0 radical (unpaired) electrons. The zero-order valence-corrected chi connectivity index (χ0v) is 45.3. The predicted molar refractivity (Wildman–Crippen MR) is 275 cm³/mol. The second-order valence-corrected chi connectivity index (χ2v) is 14.1. The van der Waals surface area contributed by atoms with Crippen LogP contribution in [0.4, 0.5) is 0 Å². The summed E-state index contributed by atoms with van der Waals surface area (Å²) in [6.45, 7) is -8.75. The van der Waals surface area contributed by atoms with Crippen LogP contribution < -0.4 is 5.73 Å². The Morgan fingerprint density at radius 2 is 0.305 bits per heavy atom. The SMILES string of the molecule is NC(CCC(=O)O)C(=O)O.OCC(O)CO.OCC(O)CO.OCC(O)CO.OCC(O)CO.OCC(O)CO.OCC(O)CO.OCC(O)CO.OCC(O)CO.OCC(O)CO.OCC(O)CO.OCC(O)CO.OCC(O)CO. The molecule has 0 aliphatic rings. The molecule has 0 bridgehead atoms. The Morgan fingerprint density at radius 3 is 0.341 bits per heavy atom. The maximum Gasteiger partial charge on any atom is 0.320 e. The van der Waals surface area contributed by atoms with Crippen molar-refractivity contribution in [2.75, 3.05) is 159 Å². The third-order valence-corrected chi connectivity index (χ3v) is 6.04. The maximum absolute atomic E-state index is 9.99. The van der Waals surface area contributed by atoms with E-state index in [1.54, 1.807) is 0 Å². The van der Waals surface area contributed by atoms with Crippen LogP contribution in [0.3, 0.4) is 0 Å². The number of hydrogen-bond acceptors (Lipinski definition) is 39. The van der Waals surface area contributed by atoms with Crippen LogP contribution in [0.5, 0.6) is 0 Å². The molecule has 0 saturated heterocycles. The van der Waals surface area contributed by atoms with E-state index in [9.17, 15) is 9.59 Å². The van der Waals surface area contributed by atoms with E-state index in [4.69, 9.17) is 200 Å². The fraction of sp³-hybridized carbons (Fsp3) is 0.951. The molecule has 40 N–H and O–H groups in total. The molecule has 0 amide bonds. The normalized spacial score (nSPS) is 10.3. The van der Waals surface area contributed by atoms with Crippen LogP contribution in [0, 0.1) is 0 Å². The highest BCUT2D eigenvalue weighted by Gasteiger charge is 2.12. The maximum atomic E-state index is 9.99. The van der Waals surface area contributed by atoms with E-state index in [0.717, 1.165) is 0 Å². The van der Waals surface area contributed by atoms with Crippen molar-refractivity contribution in [2.45, 2.75) is 92.1 Å². The van der Waals surface area contributed by atoms with Gasteiger partial charge in [-0.05, 0) is 6.42 Å². The van der Waals surface area contributed by atoms with Gasteiger partial charge in [0.25, 0.3) is 0 Å². The molecule has 0 rings (SSSR count). The van der Waals surface area contributed by atoms with Crippen molar-refractivity contribution in [2.24, 2.45) is 5.73 Å². The van der Waals surface area contributed by atoms with Gasteiger partial charge in [0.05, 0.1) is 159 Å². The molecule has 0 aliphatic carbocycles. The van der Waals surface area contributed by atoms with Crippen LogP contribution in [-0.2, 0) is 9.59 Å². The number of rotatable bonds is 28. The second-order valence-electron chi connectivity index (χ2n) is 14.1. The standard InChI is InChI=1S/C5H9NO4.12C3H8O3/c6-3(5(9)10)1-2-4(7)8;12*4-1-3(6)2-5/h3H,1-2,6H2,(H,7,8)(H,9,10);12*3-6H,1-2H2.